The first-order valence-electron chi connectivity index (χ1n) is 5.73. The molecule has 0 bridgehead atoms. The van der Waals surface area contributed by atoms with Crippen LogP contribution in [0.25, 0.3) is 6.08 Å². The highest BCUT2D eigenvalue weighted by Crippen LogP contribution is 2.31. The highest BCUT2D eigenvalue weighted by Gasteiger charge is 2.35. The van der Waals surface area contributed by atoms with E-state index in [0.717, 1.165) is 0 Å². The van der Waals surface area contributed by atoms with E-state index in [9.17, 15) is 14.7 Å². The number of carbonyl (C=O) groups is 2. The Morgan fingerprint density at radius 3 is 2.29 bits per heavy atom. The smallest absolute Gasteiger partial charge is 0.265 e. The molecule has 1 heterocycles. The molecule has 110 valence electrons. The average Bonchev–Trinajstić information content (AvgIpc) is 2.44. The molecular weight excluding hydrogens is 427 g/mol. The Kier molecular flexibility index (Phi) is 4.54. The normalized spacial score (nSPS) is 15.8. The molecule has 0 radical (unpaired) electrons. The monoisotopic (exact) mass is 436 g/mol. The SMILES string of the molecule is CN1C(=O)C(=Cc2cc(Cl)cc(I)c2O)C(=O)N(C)C1=S. The van der Waals surface area contributed by atoms with Crippen molar-refractivity contribution in [3.63, 3.8) is 0 Å². The lowest BCUT2D eigenvalue weighted by Crippen LogP contribution is -2.52. The van der Waals surface area contributed by atoms with E-state index in [-0.39, 0.29) is 16.4 Å². The fourth-order valence-electron chi connectivity index (χ4n) is 1.83. The van der Waals surface area contributed by atoms with Crippen molar-refractivity contribution in [2.45, 2.75) is 0 Å². The molecule has 5 nitrogen and oxygen atoms in total. The molecule has 1 aromatic rings. The molecule has 1 aliphatic rings. The van der Waals surface area contributed by atoms with Crippen LogP contribution < -0.4 is 0 Å². The lowest BCUT2D eigenvalue weighted by molar-refractivity contribution is -0.132. The third-order valence-corrected chi connectivity index (χ3v) is 4.59. The topological polar surface area (TPSA) is 60.9 Å². The van der Waals surface area contributed by atoms with Gasteiger partial charge < -0.3 is 5.11 Å². The maximum Gasteiger partial charge on any atom is 0.265 e. The molecule has 2 rings (SSSR count). The van der Waals surface area contributed by atoms with Gasteiger partial charge in [0, 0.05) is 24.7 Å². The van der Waals surface area contributed by atoms with Gasteiger partial charge in [0.15, 0.2) is 5.11 Å². The van der Waals surface area contributed by atoms with E-state index in [1.165, 1.54) is 36.0 Å². The van der Waals surface area contributed by atoms with E-state index in [0.29, 0.717) is 14.2 Å². The van der Waals surface area contributed by atoms with Gasteiger partial charge in [-0.2, -0.15) is 0 Å². The van der Waals surface area contributed by atoms with Gasteiger partial charge in [-0.05, 0) is 53.0 Å². The third kappa shape index (κ3) is 2.90. The lowest BCUT2D eigenvalue weighted by Gasteiger charge is -2.31. The first kappa shape index (κ1) is 16.2. The number of carbonyl (C=O) groups excluding carboxylic acids is 2. The maximum absolute atomic E-state index is 12.2. The van der Waals surface area contributed by atoms with Gasteiger partial charge in [0.25, 0.3) is 11.8 Å². The average molecular weight is 437 g/mol. The summed E-state index contributed by atoms with van der Waals surface area (Å²) < 4.78 is 0.528. The van der Waals surface area contributed by atoms with Crippen LogP contribution in [0, 0.1) is 3.57 Å². The van der Waals surface area contributed by atoms with Gasteiger partial charge in [0.1, 0.15) is 11.3 Å². The Labute approximate surface area is 145 Å². The van der Waals surface area contributed by atoms with E-state index < -0.39 is 11.8 Å². The van der Waals surface area contributed by atoms with Crippen LogP contribution in [0.5, 0.6) is 5.75 Å². The molecule has 1 N–H and O–H groups in total. The predicted octanol–water partition coefficient (Wildman–Crippen LogP) is 2.25. The van der Waals surface area contributed by atoms with Crippen LogP contribution in [0.4, 0.5) is 0 Å². The largest absolute Gasteiger partial charge is 0.506 e. The number of aromatic hydroxyl groups is 1. The van der Waals surface area contributed by atoms with Crippen LogP contribution in [0.15, 0.2) is 17.7 Å². The molecule has 2 amide bonds. The van der Waals surface area contributed by atoms with Gasteiger partial charge in [0.05, 0.1) is 3.57 Å². The zero-order valence-electron chi connectivity index (χ0n) is 11.1. The van der Waals surface area contributed by atoms with Crippen molar-refractivity contribution in [3.05, 3.63) is 31.9 Å². The zero-order chi connectivity index (χ0) is 15.9. The minimum atomic E-state index is -0.516. The Morgan fingerprint density at radius 2 is 1.76 bits per heavy atom. The lowest BCUT2D eigenvalue weighted by atomic mass is 10.1. The number of rotatable bonds is 1. The summed E-state index contributed by atoms with van der Waals surface area (Å²) in [5.74, 6) is -1.07. The molecule has 8 heteroatoms. The molecule has 1 fully saturated rings. The number of hydrogen-bond acceptors (Lipinski definition) is 4. The second-order valence-corrected chi connectivity index (χ2v) is 6.36. The van der Waals surface area contributed by atoms with Crippen molar-refractivity contribution in [2.75, 3.05) is 14.1 Å². The molecule has 0 saturated carbocycles. The quantitative estimate of drug-likeness (QED) is 0.317. The summed E-state index contributed by atoms with van der Waals surface area (Å²) in [6.45, 7) is 0. The fraction of sp³-hybridized carbons (Fsp3) is 0.154. The minimum Gasteiger partial charge on any atom is -0.506 e. The number of halogens is 2. The summed E-state index contributed by atoms with van der Waals surface area (Å²) in [4.78, 5) is 26.8. The molecule has 0 unspecified atom stereocenters. The molecule has 1 aliphatic heterocycles. The van der Waals surface area contributed by atoms with Crippen molar-refractivity contribution in [2.24, 2.45) is 0 Å². The Bertz CT molecular complexity index is 679. The summed E-state index contributed by atoms with van der Waals surface area (Å²) in [5, 5.41) is 10.6. The van der Waals surface area contributed by atoms with E-state index in [1.807, 2.05) is 22.6 Å². The molecule has 1 saturated heterocycles. The number of likely N-dealkylation sites (N-methyl/N-ethyl adjacent to an activating group) is 2. The number of hydrogen-bond donors (Lipinski definition) is 1. The van der Waals surface area contributed by atoms with Crippen LogP contribution in [-0.2, 0) is 9.59 Å². The number of phenols is 1. The molecule has 0 aromatic heterocycles. The highest BCUT2D eigenvalue weighted by molar-refractivity contribution is 14.1. The maximum atomic E-state index is 12.2. The van der Waals surface area contributed by atoms with Crippen LogP contribution in [0.2, 0.25) is 5.02 Å². The first-order chi connectivity index (χ1) is 9.73. The summed E-state index contributed by atoms with van der Waals surface area (Å²) in [7, 11) is 2.98. The van der Waals surface area contributed by atoms with E-state index in [2.05, 4.69) is 0 Å². The van der Waals surface area contributed by atoms with Gasteiger partial charge in [-0.1, -0.05) is 11.6 Å². The van der Waals surface area contributed by atoms with E-state index in [1.54, 1.807) is 6.07 Å². The second kappa shape index (κ2) is 5.90. The summed E-state index contributed by atoms with van der Waals surface area (Å²) >= 11 is 12.9. The van der Waals surface area contributed by atoms with E-state index >= 15 is 0 Å². The van der Waals surface area contributed by atoms with Crippen LogP contribution >= 0.6 is 46.4 Å². The fourth-order valence-corrected chi connectivity index (χ4v) is 3.05. The molecule has 0 atom stereocenters. The van der Waals surface area contributed by atoms with Crippen molar-refractivity contribution >= 4 is 69.4 Å². The van der Waals surface area contributed by atoms with Gasteiger partial charge in [-0.3, -0.25) is 19.4 Å². The van der Waals surface area contributed by atoms with E-state index in [4.69, 9.17) is 23.8 Å². The summed E-state index contributed by atoms with van der Waals surface area (Å²) in [6, 6.07) is 3.07. The Balaban J connectivity index is 2.57. The van der Waals surface area contributed by atoms with Gasteiger partial charge in [0.2, 0.25) is 0 Å². The number of benzene rings is 1. The van der Waals surface area contributed by atoms with Gasteiger partial charge >= 0.3 is 0 Å². The van der Waals surface area contributed by atoms with Crippen molar-refractivity contribution in [1.82, 2.24) is 9.80 Å². The van der Waals surface area contributed by atoms with Gasteiger partial charge in [-0.25, -0.2) is 0 Å². The Hall–Kier alpha value is -1.19. The number of nitrogens with zero attached hydrogens (tertiary/aromatic N) is 2. The van der Waals surface area contributed by atoms with Crippen molar-refractivity contribution in [1.29, 1.82) is 0 Å². The first-order valence-corrected chi connectivity index (χ1v) is 7.60. The second-order valence-electron chi connectivity index (χ2n) is 4.39. The molecule has 1 aromatic carbocycles. The molecule has 21 heavy (non-hydrogen) atoms. The zero-order valence-corrected chi connectivity index (χ0v) is 14.8. The molecular formula is C13H10ClIN2O3S. The van der Waals surface area contributed by atoms with Crippen LogP contribution in [0.3, 0.4) is 0 Å². The number of amides is 2. The third-order valence-electron chi connectivity index (χ3n) is 3.00. The molecule has 0 spiro atoms. The number of thiocarbonyl (C=S) groups is 1. The predicted molar refractivity (Wildman–Crippen MR) is 91.9 cm³/mol. The van der Waals surface area contributed by atoms with Gasteiger partial charge in [-0.15, -0.1) is 0 Å². The highest BCUT2D eigenvalue weighted by atomic mass is 127. The molecule has 0 aliphatic carbocycles. The number of phenolic OH excluding ortho intramolecular Hbond substituents is 1. The van der Waals surface area contributed by atoms with Crippen LogP contribution in [-0.4, -0.2) is 45.9 Å². The summed E-state index contributed by atoms with van der Waals surface area (Å²) in [6.07, 6.45) is 1.32. The standard InChI is InChI=1S/C13H10ClIN2O3S/c1-16-11(19)8(12(20)17(2)13(16)21)4-6-3-7(14)5-9(15)10(6)18/h3-5,18H,1-2H3. The Morgan fingerprint density at radius 1 is 1.24 bits per heavy atom. The van der Waals surface area contributed by atoms with Crippen molar-refractivity contribution < 1.29 is 14.7 Å². The van der Waals surface area contributed by atoms with Crippen LogP contribution in [0.1, 0.15) is 5.56 Å². The summed E-state index contributed by atoms with van der Waals surface area (Å²) in [5.41, 5.74) is 0.222. The van der Waals surface area contributed by atoms with Crippen molar-refractivity contribution in [3.8, 4) is 5.75 Å². The minimum absolute atomic E-state index is 0.0356.